The molecule has 0 aliphatic rings. The minimum atomic E-state index is 0.0328. The van der Waals surface area contributed by atoms with Crippen LogP contribution in [0, 0.1) is 6.92 Å². The van der Waals surface area contributed by atoms with E-state index in [4.69, 9.17) is 14.2 Å². The Morgan fingerprint density at radius 3 is 2.80 bits per heavy atom. The highest BCUT2D eigenvalue weighted by Crippen LogP contribution is 2.12. The number of aryl methyl sites for hydroxylation is 1. The van der Waals surface area contributed by atoms with Crippen LogP contribution in [0.5, 0.6) is 5.75 Å². The minimum absolute atomic E-state index is 0.0328. The van der Waals surface area contributed by atoms with Gasteiger partial charge in [0.15, 0.2) is 0 Å². The monoisotopic (exact) mass is 210 g/mol. The van der Waals surface area contributed by atoms with Crippen molar-refractivity contribution in [3.63, 3.8) is 0 Å². The van der Waals surface area contributed by atoms with E-state index in [1.165, 1.54) is 5.56 Å². The van der Waals surface area contributed by atoms with E-state index < -0.39 is 0 Å². The first-order valence-corrected chi connectivity index (χ1v) is 5.02. The normalized spacial score (nSPS) is 12.5. The Morgan fingerprint density at radius 1 is 1.33 bits per heavy atom. The van der Waals surface area contributed by atoms with E-state index >= 15 is 0 Å². The summed E-state index contributed by atoms with van der Waals surface area (Å²) in [5.74, 6) is 0.878. The van der Waals surface area contributed by atoms with Crippen LogP contribution in [0.4, 0.5) is 0 Å². The molecule has 0 amide bonds. The standard InChI is InChI=1S/C12H18O3/c1-10-5-4-6-12(7-10)14-8-11(2)15-9-13-3/h4-7,11H,8-9H2,1-3H3. The second kappa shape index (κ2) is 6.43. The third-order valence-corrected chi connectivity index (χ3v) is 1.94. The predicted molar refractivity (Wildman–Crippen MR) is 59.1 cm³/mol. The van der Waals surface area contributed by atoms with Gasteiger partial charge in [-0.15, -0.1) is 0 Å². The van der Waals surface area contributed by atoms with Crippen molar-refractivity contribution < 1.29 is 14.2 Å². The van der Waals surface area contributed by atoms with Gasteiger partial charge in [-0.2, -0.15) is 0 Å². The maximum absolute atomic E-state index is 5.57. The largest absolute Gasteiger partial charge is 0.491 e. The molecular weight excluding hydrogens is 192 g/mol. The molecule has 0 saturated carbocycles. The van der Waals surface area contributed by atoms with Gasteiger partial charge in [0.05, 0.1) is 6.10 Å². The Balaban J connectivity index is 2.30. The van der Waals surface area contributed by atoms with Gasteiger partial charge in [0.2, 0.25) is 0 Å². The molecule has 0 saturated heterocycles. The molecule has 0 aromatic heterocycles. The third kappa shape index (κ3) is 4.81. The first kappa shape index (κ1) is 12.0. The van der Waals surface area contributed by atoms with Crippen LogP contribution < -0.4 is 4.74 Å². The zero-order chi connectivity index (χ0) is 11.1. The van der Waals surface area contributed by atoms with E-state index in [-0.39, 0.29) is 6.10 Å². The first-order valence-electron chi connectivity index (χ1n) is 5.02. The van der Waals surface area contributed by atoms with Gasteiger partial charge in [-0.3, -0.25) is 0 Å². The summed E-state index contributed by atoms with van der Waals surface area (Å²) in [7, 11) is 1.61. The highest BCUT2D eigenvalue weighted by Gasteiger charge is 2.02. The molecule has 0 aliphatic carbocycles. The molecule has 84 valence electrons. The molecule has 0 fully saturated rings. The summed E-state index contributed by atoms with van der Waals surface area (Å²) in [5.41, 5.74) is 1.19. The molecule has 1 atom stereocenters. The second-order valence-corrected chi connectivity index (χ2v) is 3.51. The zero-order valence-corrected chi connectivity index (χ0v) is 9.53. The van der Waals surface area contributed by atoms with Crippen LogP contribution in [-0.4, -0.2) is 26.6 Å². The molecule has 15 heavy (non-hydrogen) atoms. The van der Waals surface area contributed by atoms with Crippen LogP contribution in [-0.2, 0) is 9.47 Å². The minimum Gasteiger partial charge on any atom is -0.491 e. The molecule has 0 N–H and O–H groups in total. The fourth-order valence-electron chi connectivity index (χ4n) is 1.15. The van der Waals surface area contributed by atoms with Crippen molar-refractivity contribution in [2.45, 2.75) is 20.0 Å². The molecule has 0 spiro atoms. The lowest BCUT2D eigenvalue weighted by molar-refractivity contribution is -0.0767. The van der Waals surface area contributed by atoms with Crippen molar-refractivity contribution in [3.05, 3.63) is 29.8 Å². The Bertz CT molecular complexity index is 286. The highest BCUT2D eigenvalue weighted by molar-refractivity contribution is 5.27. The summed E-state index contributed by atoms with van der Waals surface area (Å²) in [5, 5.41) is 0. The maximum Gasteiger partial charge on any atom is 0.146 e. The molecule has 1 unspecified atom stereocenters. The molecular formula is C12H18O3. The van der Waals surface area contributed by atoms with E-state index in [9.17, 15) is 0 Å². The van der Waals surface area contributed by atoms with Crippen LogP contribution >= 0.6 is 0 Å². The summed E-state index contributed by atoms with van der Waals surface area (Å²) >= 11 is 0. The lowest BCUT2D eigenvalue weighted by Gasteiger charge is -2.13. The summed E-state index contributed by atoms with van der Waals surface area (Å²) < 4.78 is 15.7. The van der Waals surface area contributed by atoms with Crippen LogP contribution in [0.25, 0.3) is 0 Å². The second-order valence-electron chi connectivity index (χ2n) is 3.51. The van der Waals surface area contributed by atoms with Crippen molar-refractivity contribution in [1.82, 2.24) is 0 Å². The quantitative estimate of drug-likeness (QED) is 0.675. The van der Waals surface area contributed by atoms with E-state index in [0.717, 1.165) is 5.75 Å². The van der Waals surface area contributed by atoms with Gasteiger partial charge in [-0.25, -0.2) is 0 Å². The molecule has 0 heterocycles. The van der Waals surface area contributed by atoms with E-state index in [2.05, 4.69) is 0 Å². The molecule has 3 nitrogen and oxygen atoms in total. The van der Waals surface area contributed by atoms with Gasteiger partial charge in [-0.05, 0) is 31.5 Å². The predicted octanol–water partition coefficient (Wildman–Crippen LogP) is 2.38. The van der Waals surface area contributed by atoms with Crippen molar-refractivity contribution >= 4 is 0 Å². The van der Waals surface area contributed by atoms with Crippen LogP contribution in [0.2, 0.25) is 0 Å². The molecule has 1 rings (SSSR count). The van der Waals surface area contributed by atoms with Gasteiger partial charge < -0.3 is 14.2 Å². The lowest BCUT2D eigenvalue weighted by Crippen LogP contribution is -2.19. The fraction of sp³-hybridized carbons (Fsp3) is 0.500. The maximum atomic E-state index is 5.57. The van der Waals surface area contributed by atoms with Gasteiger partial charge in [0, 0.05) is 7.11 Å². The number of rotatable bonds is 6. The summed E-state index contributed by atoms with van der Waals surface area (Å²) in [6.45, 7) is 4.83. The summed E-state index contributed by atoms with van der Waals surface area (Å²) in [4.78, 5) is 0. The molecule has 0 radical (unpaired) electrons. The van der Waals surface area contributed by atoms with E-state index in [0.29, 0.717) is 13.4 Å². The molecule has 1 aromatic rings. The van der Waals surface area contributed by atoms with Crippen molar-refractivity contribution in [1.29, 1.82) is 0 Å². The van der Waals surface area contributed by atoms with Crippen molar-refractivity contribution in [2.24, 2.45) is 0 Å². The average molecular weight is 210 g/mol. The van der Waals surface area contributed by atoms with Gasteiger partial charge in [0.1, 0.15) is 19.1 Å². The van der Waals surface area contributed by atoms with Crippen molar-refractivity contribution in [3.8, 4) is 5.75 Å². The number of methoxy groups -OCH3 is 1. The van der Waals surface area contributed by atoms with E-state index in [1.54, 1.807) is 7.11 Å². The third-order valence-electron chi connectivity index (χ3n) is 1.94. The van der Waals surface area contributed by atoms with Gasteiger partial charge >= 0.3 is 0 Å². The average Bonchev–Trinajstić information content (AvgIpc) is 2.23. The fourth-order valence-corrected chi connectivity index (χ4v) is 1.15. The van der Waals surface area contributed by atoms with Gasteiger partial charge in [0.25, 0.3) is 0 Å². The first-order chi connectivity index (χ1) is 7.22. The summed E-state index contributed by atoms with van der Waals surface area (Å²) in [6.07, 6.45) is 0.0328. The Hall–Kier alpha value is -1.06. The van der Waals surface area contributed by atoms with Crippen molar-refractivity contribution in [2.75, 3.05) is 20.5 Å². The Kier molecular flexibility index (Phi) is 5.15. The zero-order valence-electron chi connectivity index (χ0n) is 9.53. The van der Waals surface area contributed by atoms with E-state index in [1.807, 2.05) is 38.1 Å². The number of hydrogen-bond acceptors (Lipinski definition) is 3. The molecule has 3 heteroatoms. The Morgan fingerprint density at radius 2 is 2.13 bits per heavy atom. The smallest absolute Gasteiger partial charge is 0.146 e. The van der Waals surface area contributed by atoms with Gasteiger partial charge in [-0.1, -0.05) is 12.1 Å². The number of benzene rings is 1. The number of ether oxygens (including phenoxy) is 3. The Labute approximate surface area is 91.0 Å². The molecule has 0 aliphatic heterocycles. The lowest BCUT2D eigenvalue weighted by atomic mass is 10.2. The molecule has 1 aromatic carbocycles. The van der Waals surface area contributed by atoms with Crippen LogP contribution in [0.15, 0.2) is 24.3 Å². The molecule has 0 bridgehead atoms. The topological polar surface area (TPSA) is 27.7 Å². The summed E-state index contributed by atoms with van der Waals surface area (Å²) in [6, 6.07) is 7.96. The SMILES string of the molecule is COCOC(C)COc1cccc(C)c1. The highest BCUT2D eigenvalue weighted by atomic mass is 16.7. The van der Waals surface area contributed by atoms with Crippen LogP contribution in [0.3, 0.4) is 0 Å². The van der Waals surface area contributed by atoms with Crippen LogP contribution in [0.1, 0.15) is 12.5 Å². The number of hydrogen-bond donors (Lipinski definition) is 0.